The van der Waals surface area contributed by atoms with Crippen LogP contribution in [0.1, 0.15) is 23.6 Å². The lowest BCUT2D eigenvalue weighted by molar-refractivity contribution is 0.114. The van der Waals surface area contributed by atoms with Crippen LogP contribution in [0, 0.1) is 0 Å². The standard InChI is InChI=1S/C12H19ClO3Si/c1-10(17(14-2,15-3)16-4)12-7-5-6-11(8-12)9-13/h5-8,10H,9H2,1-4H3. The number of hydrogen-bond acceptors (Lipinski definition) is 3. The maximum absolute atomic E-state index is 5.84. The van der Waals surface area contributed by atoms with Crippen LogP contribution >= 0.6 is 11.6 Å². The molecule has 5 heteroatoms. The predicted octanol–water partition coefficient (Wildman–Crippen LogP) is 2.95. The van der Waals surface area contributed by atoms with Crippen molar-refractivity contribution in [3.8, 4) is 0 Å². The lowest BCUT2D eigenvalue weighted by atomic mass is 10.1. The molecule has 0 saturated carbocycles. The Hall–Kier alpha value is -0.393. The van der Waals surface area contributed by atoms with Gasteiger partial charge >= 0.3 is 8.80 Å². The zero-order chi connectivity index (χ0) is 12.9. The average molecular weight is 275 g/mol. The summed E-state index contributed by atoms with van der Waals surface area (Å²) in [5, 5.41) is 0. The number of benzene rings is 1. The molecule has 0 aliphatic heterocycles. The van der Waals surface area contributed by atoms with Crippen molar-refractivity contribution >= 4 is 20.4 Å². The van der Waals surface area contributed by atoms with E-state index in [1.807, 2.05) is 18.2 Å². The Morgan fingerprint density at radius 1 is 1.18 bits per heavy atom. The molecule has 3 nitrogen and oxygen atoms in total. The van der Waals surface area contributed by atoms with Crippen LogP contribution in [0.2, 0.25) is 0 Å². The molecule has 17 heavy (non-hydrogen) atoms. The summed E-state index contributed by atoms with van der Waals surface area (Å²) in [4.78, 5) is 0. The highest BCUT2D eigenvalue weighted by atomic mass is 35.5. The third-order valence-corrected chi connectivity index (χ3v) is 6.40. The van der Waals surface area contributed by atoms with Gasteiger partial charge in [0.15, 0.2) is 0 Å². The van der Waals surface area contributed by atoms with E-state index in [4.69, 9.17) is 24.9 Å². The Morgan fingerprint density at radius 3 is 2.24 bits per heavy atom. The van der Waals surface area contributed by atoms with Gasteiger partial charge < -0.3 is 13.3 Å². The summed E-state index contributed by atoms with van der Waals surface area (Å²) in [6, 6.07) is 8.10. The van der Waals surface area contributed by atoms with Crippen molar-refractivity contribution in [1.82, 2.24) is 0 Å². The van der Waals surface area contributed by atoms with Gasteiger partial charge in [-0.2, -0.15) is 0 Å². The molecule has 1 rings (SSSR count). The van der Waals surface area contributed by atoms with E-state index < -0.39 is 8.80 Å². The lowest BCUT2D eigenvalue weighted by Crippen LogP contribution is -2.48. The SMILES string of the molecule is CO[Si](OC)(OC)C(C)c1cccc(CCl)c1. The minimum Gasteiger partial charge on any atom is -0.376 e. The van der Waals surface area contributed by atoms with Gasteiger partial charge in [-0.3, -0.25) is 0 Å². The zero-order valence-corrected chi connectivity index (χ0v) is 12.5. The smallest absolute Gasteiger partial charge is 0.376 e. The van der Waals surface area contributed by atoms with E-state index in [2.05, 4.69) is 13.0 Å². The highest BCUT2D eigenvalue weighted by Gasteiger charge is 2.45. The molecule has 0 heterocycles. The molecular formula is C12H19ClO3Si. The molecule has 0 bridgehead atoms. The molecule has 0 N–H and O–H groups in total. The minimum absolute atomic E-state index is 0.0747. The second-order valence-corrected chi connectivity index (χ2v) is 7.38. The predicted molar refractivity (Wildman–Crippen MR) is 71.2 cm³/mol. The van der Waals surface area contributed by atoms with Crippen LogP contribution in [0.3, 0.4) is 0 Å². The highest BCUT2D eigenvalue weighted by Crippen LogP contribution is 2.28. The van der Waals surface area contributed by atoms with Crippen molar-refractivity contribution in [2.75, 3.05) is 21.3 Å². The second-order valence-electron chi connectivity index (χ2n) is 3.82. The van der Waals surface area contributed by atoms with Crippen molar-refractivity contribution in [1.29, 1.82) is 0 Å². The first kappa shape index (κ1) is 14.7. The van der Waals surface area contributed by atoms with E-state index in [1.54, 1.807) is 21.3 Å². The average Bonchev–Trinajstić information content (AvgIpc) is 2.41. The summed E-state index contributed by atoms with van der Waals surface area (Å²) in [6.45, 7) is 2.05. The van der Waals surface area contributed by atoms with Crippen LogP contribution < -0.4 is 0 Å². The Morgan fingerprint density at radius 2 is 1.76 bits per heavy atom. The Bertz CT molecular complexity index is 347. The van der Waals surface area contributed by atoms with Gasteiger partial charge in [0.25, 0.3) is 0 Å². The van der Waals surface area contributed by atoms with Crippen molar-refractivity contribution in [3.05, 3.63) is 35.4 Å². The van der Waals surface area contributed by atoms with Crippen LogP contribution in [0.15, 0.2) is 24.3 Å². The summed E-state index contributed by atoms with van der Waals surface area (Å²) in [5.74, 6) is 0.502. The first-order valence-corrected chi connectivity index (χ1v) is 7.77. The molecule has 1 unspecified atom stereocenters. The van der Waals surface area contributed by atoms with Gasteiger partial charge in [-0.1, -0.05) is 31.2 Å². The fraction of sp³-hybridized carbons (Fsp3) is 0.500. The van der Waals surface area contributed by atoms with Crippen molar-refractivity contribution in [2.24, 2.45) is 0 Å². The normalized spacial score (nSPS) is 13.7. The first-order chi connectivity index (χ1) is 8.13. The number of hydrogen-bond donors (Lipinski definition) is 0. The van der Waals surface area contributed by atoms with Crippen LogP contribution in [0.5, 0.6) is 0 Å². The monoisotopic (exact) mass is 274 g/mol. The molecular weight excluding hydrogens is 256 g/mol. The molecule has 0 aliphatic rings. The van der Waals surface area contributed by atoms with Crippen molar-refractivity contribution in [3.63, 3.8) is 0 Å². The maximum Gasteiger partial charge on any atom is 0.507 e. The quantitative estimate of drug-likeness (QED) is 0.590. The zero-order valence-electron chi connectivity index (χ0n) is 10.7. The molecule has 1 aromatic carbocycles. The lowest BCUT2D eigenvalue weighted by Gasteiger charge is -2.30. The van der Waals surface area contributed by atoms with E-state index in [0.29, 0.717) is 5.88 Å². The van der Waals surface area contributed by atoms with Gasteiger partial charge in [-0.15, -0.1) is 11.6 Å². The van der Waals surface area contributed by atoms with E-state index >= 15 is 0 Å². The number of alkyl halides is 1. The molecule has 0 radical (unpaired) electrons. The molecule has 0 fully saturated rings. The second kappa shape index (κ2) is 6.52. The van der Waals surface area contributed by atoms with Crippen LogP contribution in [-0.4, -0.2) is 30.1 Å². The summed E-state index contributed by atoms with van der Waals surface area (Å²) >= 11 is 5.84. The third-order valence-electron chi connectivity index (χ3n) is 2.99. The Kier molecular flexibility index (Phi) is 5.62. The van der Waals surface area contributed by atoms with Crippen LogP contribution in [-0.2, 0) is 19.2 Å². The minimum atomic E-state index is -2.64. The Labute approximate surface area is 109 Å². The largest absolute Gasteiger partial charge is 0.507 e. The van der Waals surface area contributed by atoms with Gasteiger partial charge in [-0.25, -0.2) is 0 Å². The fourth-order valence-electron chi connectivity index (χ4n) is 1.93. The van der Waals surface area contributed by atoms with Crippen LogP contribution in [0.25, 0.3) is 0 Å². The summed E-state index contributed by atoms with van der Waals surface area (Å²) in [5.41, 5.74) is 2.29. The first-order valence-electron chi connectivity index (χ1n) is 5.43. The van der Waals surface area contributed by atoms with E-state index in [-0.39, 0.29) is 5.54 Å². The highest BCUT2D eigenvalue weighted by molar-refractivity contribution is 6.62. The molecule has 0 saturated heterocycles. The van der Waals surface area contributed by atoms with Gasteiger partial charge in [0.05, 0.1) is 5.54 Å². The van der Waals surface area contributed by atoms with E-state index in [0.717, 1.165) is 11.1 Å². The number of rotatable bonds is 6. The van der Waals surface area contributed by atoms with Gasteiger partial charge in [-0.05, 0) is 11.1 Å². The third kappa shape index (κ3) is 3.08. The summed E-state index contributed by atoms with van der Waals surface area (Å²) < 4.78 is 16.5. The van der Waals surface area contributed by atoms with Crippen molar-refractivity contribution in [2.45, 2.75) is 18.3 Å². The van der Waals surface area contributed by atoms with E-state index in [1.165, 1.54) is 0 Å². The topological polar surface area (TPSA) is 27.7 Å². The molecule has 0 amide bonds. The molecule has 1 aromatic rings. The van der Waals surface area contributed by atoms with Gasteiger partial charge in [0.2, 0.25) is 0 Å². The summed E-state index contributed by atoms with van der Waals surface area (Å²) in [6.07, 6.45) is 0. The van der Waals surface area contributed by atoms with Gasteiger partial charge in [0, 0.05) is 27.2 Å². The van der Waals surface area contributed by atoms with Gasteiger partial charge in [0.1, 0.15) is 0 Å². The maximum atomic E-state index is 5.84. The fourth-order valence-corrected chi connectivity index (χ4v) is 4.24. The van der Waals surface area contributed by atoms with Crippen molar-refractivity contribution < 1.29 is 13.3 Å². The van der Waals surface area contributed by atoms with E-state index in [9.17, 15) is 0 Å². The molecule has 0 spiro atoms. The number of halogens is 1. The molecule has 1 atom stereocenters. The molecule has 96 valence electrons. The summed E-state index contributed by atoms with van der Waals surface area (Å²) in [7, 11) is 2.24. The Balaban J connectivity index is 3.04. The van der Waals surface area contributed by atoms with Crippen LogP contribution in [0.4, 0.5) is 0 Å². The molecule has 0 aliphatic carbocycles. The molecule has 0 aromatic heterocycles.